The number of ether oxygens (including phenoxy) is 1. The van der Waals surface area contributed by atoms with Crippen molar-refractivity contribution < 1.29 is 13.2 Å². The van der Waals surface area contributed by atoms with Crippen LogP contribution in [0.1, 0.15) is 13.3 Å². The number of benzene rings is 1. The first-order valence-corrected chi connectivity index (χ1v) is 7.45. The summed E-state index contributed by atoms with van der Waals surface area (Å²) in [6, 6.07) is 6.37. The number of hydrogen-bond acceptors (Lipinski definition) is 4. The lowest BCUT2D eigenvalue weighted by atomic mass is 10.3. The minimum Gasteiger partial charge on any atom is -0.492 e. The van der Waals surface area contributed by atoms with Gasteiger partial charge in [-0.25, -0.2) is 13.1 Å². The number of nitrogens with one attached hydrogen (secondary N) is 2. The SMILES string of the molecule is CCCNCCOc1ccc(S(=O)(=O)NC)cc1. The lowest BCUT2D eigenvalue weighted by molar-refractivity contribution is 0.314. The highest BCUT2D eigenvalue weighted by Gasteiger charge is 2.10. The maximum absolute atomic E-state index is 11.5. The first-order valence-electron chi connectivity index (χ1n) is 5.97. The van der Waals surface area contributed by atoms with Crippen molar-refractivity contribution >= 4 is 10.0 Å². The highest BCUT2D eigenvalue weighted by atomic mass is 32.2. The molecule has 0 spiro atoms. The maximum Gasteiger partial charge on any atom is 0.240 e. The molecule has 18 heavy (non-hydrogen) atoms. The molecule has 0 fully saturated rings. The van der Waals surface area contributed by atoms with Crippen LogP contribution in [-0.2, 0) is 10.0 Å². The standard InChI is InChI=1S/C12H20N2O3S/c1-3-8-14-9-10-17-11-4-6-12(7-5-11)18(15,16)13-2/h4-7,13-14H,3,8-10H2,1-2H3. The molecule has 0 aliphatic heterocycles. The molecule has 0 saturated heterocycles. The van der Waals surface area contributed by atoms with Gasteiger partial charge in [0.05, 0.1) is 4.90 Å². The van der Waals surface area contributed by atoms with Gasteiger partial charge in [-0.1, -0.05) is 6.92 Å². The Kier molecular flexibility index (Phi) is 6.11. The van der Waals surface area contributed by atoms with Gasteiger partial charge in [-0.2, -0.15) is 0 Å². The van der Waals surface area contributed by atoms with Crippen LogP contribution in [0, 0.1) is 0 Å². The normalized spacial score (nSPS) is 11.4. The second-order valence-electron chi connectivity index (χ2n) is 3.78. The molecule has 0 aromatic heterocycles. The first kappa shape index (κ1) is 14.9. The van der Waals surface area contributed by atoms with E-state index < -0.39 is 10.0 Å². The second kappa shape index (κ2) is 7.35. The molecule has 0 heterocycles. The van der Waals surface area contributed by atoms with Gasteiger partial charge in [-0.15, -0.1) is 0 Å². The first-order chi connectivity index (χ1) is 8.60. The van der Waals surface area contributed by atoms with E-state index in [2.05, 4.69) is 17.0 Å². The average Bonchev–Trinajstić information content (AvgIpc) is 2.39. The topological polar surface area (TPSA) is 67.4 Å². The van der Waals surface area contributed by atoms with Crippen LogP contribution < -0.4 is 14.8 Å². The zero-order valence-electron chi connectivity index (χ0n) is 10.8. The largest absolute Gasteiger partial charge is 0.492 e. The summed E-state index contributed by atoms with van der Waals surface area (Å²) in [5, 5.41) is 3.22. The summed E-state index contributed by atoms with van der Waals surface area (Å²) in [5.74, 6) is 0.670. The van der Waals surface area contributed by atoms with Gasteiger partial charge in [0.15, 0.2) is 0 Å². The van der Waals surface area contributed by atoms with E-state index >= 15 is 0 Å². The third-order valence-corrected chi connectivity index (χ3v) is 3.81. The summed E-state index contributed by atoms with van der Waals surface area (Å²) in [7, 11) is -1.98. The molecule has 0 aliphatic carbocycles. The molecule has 0 radical (unpaired) electrons. The van der Waals surface area contributed by atoms with Gasteiger partial charge in [0.2, 0.25) is 10.0 Å². The van der Waals surface area contributed by atoms with Gasteiger partial charge < -0.3 is 10.1 Å². The molecule has 5 nitrogen and oxygen atoms in total. The van der Waals surface area contributed by atoms with Crippen LogP contribution in [0.25, 0.3) is 0 Å². The summed E-state index contributed by atoms with van der Waals surface area (Å²) in [4.78, 5) is 0.237. The van der Waals surface area contributed by atoms with Gasteiger partial charge in [-0.3, -0.25) is 0 Å². The van der Waals surface area contributed by atoms with E-state index in [1.165, 1.54) is 19.2 Å². The molecule has 2 N–H and O–H groups in total. The zero-order valence-corrected chi connectivity index (χ0v) is 11.6. The second-order valence-corrected chi connectivity index (χ2v) is 5.66. The molecule has 0 bridgehead atoms. The van der Waals surface area contributed by atoms with Crippen molar-refractivity contribution in [3.63, 3.8) is 0 Å². The van der Waals surface area contributed by atoms with Gasteiger partial charge in [0, 0.05) is 6.54 Å². The van der Waals surface area contributed by atoms with Gasteiger partial charge >= 0.3 is 0 Å². The van der Waals surface area contributed by atoms with Gasteiger partial charge in [0.1, 0.15) is 12.4 Å². The fourth-order valence-electron chi connectivity index (χ4n) is 1.38. The van der Waals surface area contributed by atoms with Crippen molar-refractivity contribution in [2.45, 2.75) is 18.2 Å². The summed E-state index contributed by atoms with van der Waals surface area (Å²) >= 11 is 0. The van der Waals surface area contributed by atoms with E-state index in [9.17, 15) is 8.42 Å². The van der Waals surface area contributed by atoms with E-state index in [-0.39, 0.29) is 4.90 Å². The monoisotopic (exact) mass is 272 g/mol. The lowest BCUT2D eigenvalue weighted by Crippen LogP contribution is -2.21. The molecule has 1 aromatic carbocycles. The smallest absolute Gasteiger partial charge is 0.240 e. The molecule has 1 rings (SSSR count). The molecular formula is C12H20N2O3S. The number of rotatable bonds is 8. The quantitative estimate of drug-likeness (QED) is 0.692. The highest BCUT2D eigenvalue weighted by Crippen LogP contribution is 2.15. The van der Waals surface area contributed by atoms with Crippen LogP contribution in [0.2, 0.25) is 0 Å². The summed E-state index contributed by atoms with van der Waals surface area (Å²) in [6.07, 6.45) is 1.09. The average molecular weight is 272 g/mol. The molecule has 102 valence electrons. The summed E-state index contributed by atoms with van der Waals surface area (Å²) in [5.41, 5.74) is 0. The molecule has 0 unspecified atom stereocenters. The Bertz CT molecular complexity index is 443. The highest BCUT2D eigenvalue weighted by molar-refractivity contribution is 7.89. The molecular weight excluding hydrogens is 252 g/mol. The Morgan fingerprint density at radius 2 is 1.83 bits per heavy atom. The molecule has 6 heteroatoms. The molecule has 0 amide bonds. The summed E-state index contributed by atoms with van der Waals surface area (Å²) in [6.45, 7) is 4.43. The van der Waals surface area contributed by atoms with E-state index in [0.717, 1.165) is 19.5 Å². The molecule has 0 saturated carbocycles. The van der Waals surface area contributed by atoms with Crippen LogP contribution in [0.4, 0.5) is 0 Å². The fourth-order valence-corrected chi connectivity index (χ4v) is 2.11. The Hall–Kier alpha value is -1.11. The minimum atomic E-state index is -3.37. The molecule has 1 aromatic rings. The van der Waals surface area contributed by atoms with E-state index in [4.69, 9.17) is 4.74 Å². The predicted molar refractivity (Wildman–Crippen MR) is 71.3 cm³/mol. The third-order valence-electron chi connectivity index (χ3n) is 2.38. The van der Waals surface area contributed by atoms with Crippen molar-refractivity contribution in [2.75, 3.05) is 26.7 Å². The Balaban J connectivity index is 2.46. The van der Waals surface area contributed by atoms with Crippen LogP contribution in [0.15, 0.2) is 29.2 Å². The molecule has 0 atom stereocenters. The fraction of sp³-hybridized carbons (Fsp3) is 0.500. The van der Waals surface area contributed by atoms with Crippen molar-refractivity contribution in [1.82, 2.24) is 10.0 Å². The third kappa shape index (κ3) is 4.64. The van der Waals surface area contributed by atoms with Gasteiger partial charge in [-0.05, 0) is 44.3 Å². The predicted octanol–water partition coefficient (Wildman–Crippen LogP) is 0.973. The van der Waals surface area contributed by atoms with Crippen LogP contribution >= 0.6 is 0 Å². The Labute approximate surface area is 109 Å². The van der Waals surface area contributed by atoms with E-state index in [1.807, 2.05) is 0 Å². The lowest BCUT2D eigenvalue weighted by Gasteiger charge is -2.08. The minimum absolute atomic E-state index is 0.237. The van der Waals surface area contributed by atoms with Crippen LogP contribution in [0.3, 0.4) is 0 Å². The number of sulfonamides is 1. The van der Waals surface area contributed by atoms with Crippen molar-refractivity contribution in [3.05, 3.63) is 24.3 Å². The summed E-state index contributed by atoms with van der Waals surface area (Å²) < 4.78 is 30.7. The number of hydrogen-bond donors (Lipinski definition) is 2. The molecule has 0 aliphatic rings. The van der Waals surface area contributed by atoms with Crippen molar-refractivity contribution in [1.29, 1.82) is 0 Å². The Morgan fingerprint density at radius 3 is 2.39 bits per heavy atom. The Morgan fingerprint density at radius 1 is 1.17 bits per heavy atom. The van der Waals surface area contributed by atoms with E-state index in [1.54, 1.807) is 12.1 Å². The maximum atomic E-state index is 11.5. The van der Waals surface area contributed by atoms with Crippen LogP contribution in [-0.4, -0.2) is 35.2 Å². The van der Waals surface area contributed by atoms with Crippen molar-refractivity contribution in [2.24, 2.45) is 0 Å². The van der Waals surface area contributed by atoms with Crippen LogP contribution in [0.5, 0.6) is 5.75 Å². The van der Waals surface area contributed by atoms with Crippen molar-refractivity contribution in [3.8, 4) is 5.75 Å². The van der Waals surface area contributed by atoms with Gasteiger partial charge in [0.25, 0.3) is 0 Å². The van der Waals surface area contributed by atoms with E-state index in [0.29, 0.717) is 12.4 Å². The zero-order chi connectivity index (χ0) is 13.4.